The van der Waals surface area contributed by atoms with Crippen LogP contribution in [0.3, 0.4) is 0 Å². The fourth-order valence-electron chi connectivity index (χ4n) is 2.56. The summed E-state index contributed by atoms with van der Waals surface area (Å²) in [7, 11) is 0. The summed E-state index contributed by atoms with van der Waals surface area (Å²) < 4.78 is 12.1. The number of carbonyl (C=O) groups is 1. The number of amides is 1. The molecule has 154 valence electrons. The van der Waals surface area contributed by atoms with Crippen LogP contribution in [0.1, 0.15) is 24.2 Å². The maximum Gasteiger partial charge on any atom is 0.257 e. The molecule has 0 bridgehead atoms. The Kier molecular flexibility index (Phi) is 7.43. The monoisotopic (exact) mass is 484 g/mol. The number of hydrogen-bond acceptors (Lipinski definition) is 4. The van der Waals surface area contributed by atoms with Crippen molar-refractivity contribution >= 4 is 44.9 Å². The summed E-state index contributed by atoms with van der Waals surface area (Å²) in [6.07, 6.45) is 0.0437. The molecule has 0 unspecified atom stereocenters. The van der Waals surface area contributed by atoms with E-state index in [4.69, 9.17) is 21.7 Å². The van der Waals surface area contributed by atoms with Crippen LogP contribution in [0.4, 0.5) is 5.69 Å². The third kappa shape index (κ3) is 6.30. The van der Waals surface area contributed by atoms with Gasteiger partial charge in [-0.2, -0.15) is 0 Å². The van der Waals surface area contributed by atoms with Crippen LogP contribution in [-0.2, 0) is 0 Å². The smallest absolute Gasteiger partial charge is 0.257 e. The zero-order chi connectivity index (χ0) is 21.5. The molecule has 30 heavy (non-hydrogen) atoms. The van der Waals surface area contributed by atoms with Crippen LogP contribution in [0.5, 0.6) is 17.2 Å². The van der Waals surface area contributed by atoms with E-state index in [0.29, 0.717) is 21.5 Å². The molecule has 0 spiro atoms. The molecule has 0 saturated carbocycles. The second-order valence-corrected chi connectivity index (χ2v) is 7.92. The first-order chi connectivity index (χ1) is 14.4. The second-order valence-electron chi connectivity index (χ2n) is 6.66. The van der Waals surface area contributed by atoms with Gasteiger partial charge in [-0.1, -0.05) is 18.2 Å². The van der Waals surface area contributed by atoms with Crippen LogP contribution in [-0.4, -0.2) is 17.1 Å². The average molecular weight is 485 g/mol. The van der Waals surface area contributed by atoms with Gasteiger partial charge in [0.2, 0.25) is 0 Å². The lowest BCUT2D eigenvalue weighted by Crippen LogP contribution is -2.34. The van der Waals surface area contributed by atoms with Crippen LogP contribution in [0, 0.1) is 0 Å². The molecule has 0 atom stereocenters. The van der Waals surface area contributed by atoms with Gasteiger partial charge < -0.3 is 14.8 Å². The third-order valence-corrected chi connectivity index (χ3v) is 4.70. The molecule has 1 amide bonds. The molecule has 0 saturated heterocycles. The summed E-state index contributed by atoms with van der Waals surface area (Å²) in [6.45, 7) is 3.88. The van der Waals surface area contributed by atoms with Crippen molar-refractivity contribution in [1.29, 1.82) is 0 Å². The highest BCUT2D eigenvalue weighted by atomic mass is 79.9. The van der Waals surface area contributed by atoms with Crippen molar-refractivity contribution in [2.75, 3.05) is 5.32 Å². The van der Waals surface area contributed by atoms with Crippen molar-refractivity contribution in [1.82, 2.24) is 5.32 Å². The average Bonchev–Trinajstić information content (AvgIpc) is 2.71. The normalized spacial score (nSPS) is 10.4. The maximum absolute atomic E-state index is 12.5. The van der Waals surface area contributed by atoms with Crippen molar-refractivity contribution in [2.45, 2.75) is 20.0 Å². The summed E-state index contributed by atoms with van der Waals surface area (Å²) in [5.74, 6) is 1.83. The van der Waals surface area contributed by atoms with E-state index in [-0.39, 0.29) is 17.1 Å². The molecule has 7 heteroatoms. The van der Waals surface area contributed by atoms with Gasteiger partial charge in [-0.05, 0) is 96.6 Å². The zero-order valence-electron chi connectivity index (χ0n) is 16.5. The molecule has 3 rings (SSSR count). The van der Waals surface area contributed by atoms with Gasteiger partial charge >= 0.3 is 0 Å². The number of hydrogen-bond donors (Lipinski definition) is 2. The number of thiocarbonyl (C=S) groups is 1. The first kappa shape index (κ1) is 21.8. The summed E-state index contributed by atoms with van der Waals surface area (Å²) in [6, 6.07) is 22.0. The summed E-state index contributed by atoms with van der Waals surface area (Å²) in [5.41, 5.74) is 1.20. The predicted molar refractivity (Wildman–Crippen MR) is 127 cm³/mol. The van der Waals surface area contributed by atoms with Crippen molar-refractivity contribution in [2.24, 2.45) is 0 Å². The molecular formula is C23H21BrN2O3S. The molecule has 0 aliphatic carbocycles. The maximum atomic E-state index is 12.5. The molecule has 3 aromatic carbocycles. The highest BCUT2D eigenvalue weighted by Gasteiger charge is 2.12. The summed E-state index contributed by atoms with van der Waals surface area (Å²) >= 11 is 8.68. The van der Waals surface area contributed by atoms with E-state index < -0.39 is 0 Å². The molecular weight excluding hydrogens is 464 g/mol. The van der Waals surface area contributed by atoms with Crippen LogP contribution in [0.15, 0.2) is 77.3 Å². The molecule has 0 radical (unpaired) electrons. The Bertz CT molecular complexity index is 1020. The van der Waals surface area contributed by atoms with Crippen molar-refractivity contribution < 1.29 is 14.3 Å². The molecule has 3 aromatic rings. The third-order valence-electron chi connectivity index (χ3n) is 3.87. The molecule has 2 N–H and O–H groups in total. The topological polar surface area (TPSA) is 59.6 Å². The largest absolute Gasteiger partial charge is 0.490 e. The van der Waals surface area contributed by atoms with Crippen LogP contribution >= 0.6 is 28.1 Å². The predicted octanol–water partition coefficient (Wildman–Crippen LogP) is 6.16. The Hall–Kier alpha value is -2.90. The Morgan fingerprint density at radius 1 is 0.967 bits per heavy atom. The van der Waals surface area contributed by atoms with E-state index in [2.05, 4.69) is 26.6 Å². The summed E-state index contributed by atoms with van der Waals surface area (Å²) in [4.78, 5) is 12.5. The molecule has 0 fully saturated rings. The number of nitrogens with one attached hydrogen (secondary N) is 2. The lowest BCUT2D eigenvalue weighted by Gasteiger charge is -2.13. The van der Waals surface area contributed by atoms with E-state index in [1.807, 2.05) is 68.4 Å². The fourth-order valence-corrected chi connectivity index (χ4v) is 3.24. The van der Waals surface area contributed by atoms with E-state index >= 15 is 0 Å². The van der Waals surface area contributed by atoms with Crippen LogP contribution < -0.4 is 20.1 Å². The number of benzene rings is 3. The van der Waals surface area contributed by atoms with E-state index in [9.17, 15) is 4.79 Å². The minimum absolute atomic E-state index is 0.0437. The number of anilines is 1. The highest BCUT2D eigenvalue weighted by Crippen LogP contribution is 2.27. The van der Waals surface area contributed by atoms with Crippen molar-refractivity contribution in [3.63, 3.8) is 0 Å². The van der Waals surface area contributed by atoms with Crippen LogP contribution in [0.25, 0.3) is 0 Å². The summed E-state index contributed by atoms with van der Waals surface area (Å²) in [5, 5.41) is 5.87. The number of rotatable bonds is 6. The minimum atomic E-state index is -0.312. The van der Waals surface area contributed by atoms with Crippen molar-refractivity contribution in [3.05, 3.63) is 82.8 Å². The van der Waals surface area contributed by atoms with Gasteiger partial charge in [0, 0.05) is 11.3 Å². The number of ether oxygens (including phenoxy) is 2. The molecule has 0 heterocycles. The van der Waals surface area contributed by atoms with Gasteiger partial charge in [0.05, 0.1) is 10.6 Å². The van der Waals surface area contributed by atoms with Gasteiger partial charge in [-0.25, -0.2) is 0 Å². The van der Waals surface area contributed by atoms with Gasteiger partial charge in [-0.15, -0.1) is 0 Å². The quantitative estimate of drug-likeness (QED) is 0.410. The SMILES string of the molecule is CC(C)Oc1ccc(C(=O)NC(=S)Nc2ccc(Oc3ccccc3)cc2)cc1Br. The number of para-hydroxylation sites is 1. The Balaban J connectivity index is 1.56. The zero-order valence-corrected chi connectivity index (χ0v) is 18.9. The van der Waals surface area contributed by atoms with Crippen LogP contribution in [0.2, 0.25) is 0 Å². The first-order valence-electron chi connectivity index (χ1n) is 9.32. The molecule has 0 aliphatic heterocycles. The van der Waals surface area contributed by atoms with E-state index in [1.54, 1.807) is 18.2 Å². The van der Waals surface area contributed by atoms with E-state index in [0.717, 1.165) is 11.4 Å². The number of halogens is 1. The lowest BCUT2D eigenvalue weighted by molar-refractivity contribution is 0.0977. The standard InChI is InChI=1S/C23H21BrN2O3S/c1-15(2)28-21-13-8-16(14-20(21)24)22(27)26-23(30)25-17-9-11-19(12-10-17)29-18-6-4-3-5-7-18/h3-15H,1-2H3,(H2,25,26,27,30). The Labute approximate surface area is 189 Å². The molecule has 0 aliphatic rings. The van der Waals surface area contributed by atoms with Gasteiger partial charge in [0.25, 0.3) is 5.91 Å². The number of carbonyl (C=O) groups excluding carboxylic acids is 1. The minimum Gasteiger partial charge on any atom is -0.490 e. The van der Waals surface area contributed by atoms with Gasteiger partial charge in [0.1, 0.15) is 17.2 Å². The Morgan fingerprint density at radius 2 is 1.63 bits per heavy atom. The van der Waals surface area contributed by atoms with E-state index in [1.165, 1.54) is 0 Å². The fraction of sp³-hybridized carbons (Fsp3) is 0.130. The molecule has 5 nitrogen and oxygen atoms in total. The van der Waals surface area contributed by atoms with Crippen molar-refractivity contribution in [3.8, 4) is 17.2 Å². The second kappa shape index (κ2) is 10.2. The lowest BCUT2D eigenvalue weighted by atomic mass is 10.2. The highest BCUT2D eigenvalue weighted by molar-refractivity contribution is 9.10. The van der Waals surface area contributed by atoms with Gasteiger partial charge in [0.15, 0.2) is 5.11 Å². The Morgan fingerprint density at radius 3 is 2.27 bits per heavy atom. The molecule has 0 aromatic heterocycles. The van der Waals surface area contributed by atoms with Gasteiger partial charge in [-0.3, -0.25) is 10.1 Å². The first-order valence-corrected chi connectivity index (χ1v) is 10.5.